The minimum atomic E-state index is -3.52. The maximum Gasteiger partial charge on any atom is 0.232 e. The van der Waals surface area contributed by atoms with Gasteiger partial charge in [-0.15, -0.1) is 0 Å². The average molecular weight is 320 g/mol. The first-order chi connectivity index (χ1) is 10.5. The molecule has 114 valence electrons. The Morgan fingerprint density at radius 3 is 2.82 bits per heavy atom. The van der Waals surface area contributed by atoms with Gasteiger partial charge in [0.05, 0.1) is 17.1 Å². The zero-order chi connectivity index (χ0) is 15.7. The zero-order valence-electron chi connectivity index (χ0n) is 11.7. The maximum atomic E-state index is 14.2. The molecule has 0 radical (unpaired) electrons. The Balaban J connectivity index is 2.04. The van der Waals surface area contributed by atoms with Crippen molar-refractivity contribution in [3.05, 3.63) is 42.6 Å². The van der Waals surface area contributed by atoms with Crippen LogP contribution in [0.1, 0.15) is 6.92 Å². The molecule has 0 fully saturated rings. The van der Waals surface area contributed by atoms with E-state index in [1.54, 1.807) is 18.3 Å². The second-order valence-electron chi connectivity index (χ2n) is 4.66. The van der Waals surface area contributed by atoms with Crippen LogP contribution >= 0.6 is 0 Å². The lowest BCUT2D eigenvalue weighted by Crippen LogP contribution is -2.15. The Morgan fingerprint density at radius 2 is 2.09 bits per heavy atom. The molecular weight excluding hydrogens is 307 g/mol. The van der Waals surface area contributed by atoms with Crippen LogP contribution in [-0.4, -0.2) is 29.1 Å². The van der Waals surface area contributed by atoms with E-state index in [1.165, 1.54) is 25.4 Å². The van der Waals surface area contributed by atoms with Crippen molar-refractivity contribution in [2.45, 2.75) is 6.92 Å². The number of nitrogens with zero attached hydrogens (tertiary/aromatic N) is 2. The second kappa shape index (κ2) is 5.38. The van der Waals surface area contributed by atoms with Crippen LogP contribution in [0.5, 0.6) is 0 Å². The van der Waals surface area contributed by atoms with Gasteiger partial charge in [0.1, 0.15) is 17.8 Å². The maximum absolute atomic E-state index is 14.2. The minimum Gasteiger partial charge on any atom is -0.346 e. The molecule has 3 rings (SSSR count). The molecule has 6 nitrogen and oxygen atoms in total. The SMILES string of the molecule is CCS(=O)(=O)Nc1ccc(-c2ncnc3[nH]ccc23)cc1F. The number of rotatable bonds is 4. The molecule has 22 heavy (non-hydrogen) atoms. The van der Waals surface area contributed by atoms with Crippen molar-refractivity contribution >= 4 is 26.7 Å². The second-order valence-corrected chi connectivity index (χ2v) is 6.67. The summed E-state index contributed by atoms with van der Waals surface area (Å²) >= 11 is 0. The molecule has 0 saturated carbocycles. The van der Waals surface area contributed by atoms with E-state index in [2.05, 4.69) is 19.7 Å². The third-order valence-corrected chi connectivity index (χ3v) is 4.53. The molecule has 3 aromatic rings. The summed E-state index contributed by atoms with van der Waals surface area (Å²) < 4.78 is 39.4. The van der Waals surface area contributed by atoms with E-state index in [9.17, 15) is 12.8 Å². The lowest BCUT2D eigenvalue weighted by Gasteiger charge is -2.09. The van der Waals surface area contributed by atoms with E-state index in [-0.39, 0.29) is 11.4 Å². The van der Waals surface area contributed by atoms with Gasteiger partial charge in [-0.25, -0.2) is 22.8 Å². The predicted molar refractivity (Wildman–Crippen MR) is 82.4 cm³/mol. The van der Waals surface area contributed by atoms with Crippen LogP contribution in [0, 0.1) is 5.82 Å². The van der Waals surface area contributed by atoms with E-state index in [4.69, 9.17) is 0 Å². The number of aromatic nitrogens is 3. The third-order valence-electron chi connectivity index (χ3n) is 3.24. The molecule has 2 heterocycles. The number of halogens is 1. The smallest absolute Gasteiger partial charge is 0.232 e. The molecule has 0 aliphatic rings. The van der Waals surface area contributed by atoms with Gasteiger partial charge in [-0.05, 0) is 25.1 Å². The molecule has 0 bridgehead atoms. The number of H-pyrrole nitrogens is 1. The highest BCUT2D eigenvalue weighted by Gasteiger charge is 2.13. The largest absolute Gasteiger partial charge is 0.346 e. The van der Waals surface area contributed by atoms with Gasteiger partial charge in [0.2, 0.25) is 10.0 Å². The first-order valence-electron chi connectivity index (χ1n) is 6.58. The summed E-state index contributed by atoms with van der Waals surface area (Å²) in [7, 11) is -3.52. The lowest BCUT2D eigenvalue weighted by atomic mass is 10.1. The summed E-state index contributed by atoms with van der Waals surface area (Å²) in [5.74, 6) is -0.777. The number of benzene rings is 1. The molecule has 2 N–H and O–H groups in total. The van der Waals surface area contributed by atoms with Crippen LogP contribution in [0.2, 0.25) is 0 Å². The topological polar surface area (TPSA) is 87.7 Å². The van der Waals surface area contributed by atoms with Crippen LogP contribution in [0.25, 0.3) is 22.3 Å². The summed E-state index contributed by atoms with van der Waals surface area (Å²) in [5.41, 5.74) is 1.70. The number of hydrogen-bond donors (Lipinski definition) is 2. The van der Waals surface area contributed by atoms with Gasteiger partial charge in [-0.1, -0.05) is 6.07 Å². The van der Waals surface area contributed by atoms with Gasteiger partial charge in [0.15, 0.2) is 0 Å². The summed E-state index contributed by atoms with van der Waals surface area (Å²) in [5, 5.41) is 0.767. The van der Waals surface area contributed by atoms with E-state index in [1.807, 2.05) is 0 Å². The van der Waals surface area contributed by atoms with Crippen LogP contribution in [0.15, 0.2) is 36.8 Å². The summed E-state index contributed by atoms with van der Waals surface area (Å²) in [6, 6.07) is 6.06. The first-order valence-corrected chi connectivity index (χ1v) is 8.24. The van der Waals surface area contributed by atoms with Gasteiger partial charge in [0.25, 0.3) is 0 Å². The fourth-order valence-electron chi connectivity index (χ4n) is 2.09. The van der Waals surface area contributed by atoms with E-state index >= 15 is 0 Å². The Kier molecular flexibility index (Phi) is 3.53. The Bertz CT molecular complexity index is 937. The van der Waals surface area contributed by atoms with Crippen molar-refractivity contribution in [2.75, 3.05) is 10.5 Å². The number of hydrogen-bond acceptors (Lipinski definition) is 4. The van der Waals surface area contributed by atoms with Gasteiger partial charge < -0.3 is 4.98 Å². The number of nitrogens with one attached hydrogen (secondary N) is 2. The molecule has 8 heteroatoms. The fraction of sp³-hybridized carbons (Fsp3) is 0.143. The molecule has 0 spiro atoms. The van der Waals surface area contributed by atoms with Crippen molar-refractivity contribution in [1.82, 2.24) is 15.0 Å². The van der Waals surface area contributed by atoms with Crippen molar-refractivity contribution < 1.29 is 12.8 Å². The molecule has 0 atom stereocenters. The predicted octanol–water partition coefficient (Wildman–Crippen LogP) is 2.53. The Hall–Kier alpha value is -2.48. The zero-order valence-corrected chi connectivity index (χ0v) is 12.5. The monoisotopic (exact) mass is 320 g/mol. The van der Waals surface area contributed by atoms with Gasteiger partial charge in [-0.2, -0.15) is 0 Å². The van der Waals surface area contributed by atoms with Crippen LogP contribution in [0.4, 0.5) is 10.1 Å². The van der Waals surface area contributed by atoms with E-state index < -0.39 is 15.8 Å². The van der Waals surface area contributed by atoms with Crippen LogP contribution < -0.4 is 4.72 Å². The molecule has 0 unspecified atom stereocenters. The number of anilines is 1. The molecule has 0 saturated heterocycles. The molecule has 0 amide bonds. The van der Waals surface area contributed by atoms with Gasteiger partial charge >= 0.3 is 0 Å². The summed E-state index contributed by atoms with van der Waals surface area (Å²) in [6.07, 6.45) is 3.11. The highest BCUT2D eigenvalue weighted by atomic mass is 32.2. The lowest BCUT2D eigenvalue weighted by molar-refractivity contribution is 0.599. The first kappa shape index (κ1) is 14.5. The molecule has 0 aliphatic carbocycles. The average Bonchev–Trinajstić information content (AvgIpc) is 2.97. The standard InChI is InChI=1S/C14H13FN4O2S/c1-2-22(20,21)19-12-4-3-9(7-11(12)15)13-10-5-6-16-14(10)18-8-17-13/h3-8,19H,2H2,1H3,(H,16,17,18). The van der Waals surface area contributed by atoms with E-state index in [0.29, 0.717) is 16.9 Å². The van der Waals surface area contributed by atoms with Gasteiger partial charge in [0, 0.05) is 17.1 Å². The van der Waals surface area contributed by atoms with Crippen molar-refractivity contribution in [3.63, 3.8) is 0 Å². The third kappa shape index (κ3) is 2.64. The Morgan fingerprint density at radius 1 is 1.27 bits per heavy atom. The molecule has 2 aromatic heterocycles. The number of fused-ring (bicyclic) bond motifs is 1. The quantitative estimate of drug-likeness (QED) is 0.773. The summed E-state index contributed by atoms with van der Waals surface area (Å²) in [6.45, 7) is 1.48. The van der Waals surface area contributed by atoms with Crippen molar-refractivity contribution in [2.24, 2.45) is 0 Å². The van der Waals surface area contributed by atoms with Gasteiger partial charge in [-0.3, -0.25) is 4.72 Å². The molecular formula is C14H13FN4O2S. The summed E-state index contributed by atoms with van der Waals surface area (Å²) in [4.78, 5) is 11.2. The molecule has 0 aliphatic heterocycles. The van der Waals surface area contributed by atoms with Crippen LogP contribution in [0.3, 0.4) is 0 Å². The van der Waals surface area contributed by atoms with Crippen LogP contribution in [-0.2, 0) is 10.0 Å². The number of sulfonamides is 1. The van der Waals surface area contributed by atoms with E-state index in [0.717, 1.165) is 5.39 Å². The highest BCUT2D eigenvalue weighted by Crippen LogP contribution is 2.28. The fourth-order valence-corrected chi connectivity index (χ4v) is 2.73. The van der Waals surface area contributed by atoms with Crippen molar-refractivity contribution in [3.8, 4) is 11.3 Å². The number of aromatic amines is 1. The normalized spacial score (nSPS) is 11.7. The molecule has 1 aromatic carbocycles. The van der Waals surface area contributed by atoms with Crippen molar-refractivity contribution in [1.29, 1.82) is 0 Å². The Labute approximate surface area is 126 Å². The highest BCUT2D eigenvalue weighted by molar-refractivity contribution is 7.92. The minimum absolute atomic E-state index is 0.0787.